The Kier molecular flexibility index (Phi) is 3.62. The average molecular weight is 229 g/mol. The molecule has 0 aliphatic carbocycles. The summed E-state index contributed by atoms with van der Waals surface area (Å²) in [5.41, 5.74) is 7.44. The summed E-state index contributed by atoms with van der Waals surface area (Å²) in [5, 5.41) is 8.81. The van der Waals surface area contributed by atoms with Crippen LogP contribution in [0.15, 0.2) is 48.5 Å². The third kappa shape index (κ3) is 3.23. The quantitative estimate of drug-likeness (QED) is 0.792. The zero-order valence-electron chi connectivity index (χ0n) is 9.47. The van der Waals surface area contributed by atoms with Crippen LogP contribution in [0, 0.1) is 0 Å². The Hall–Kier alpha value is -2.00. The largest absolute Gasteiger partial charge is 0.457 e. The van der Waals surface area contributed by atoms with E-state index in [2.05, 4.69) is 0 Å². The number of aliphatic hydroxyl groups is 1. The fourth-order valence-electron chi connectivity index (χ4n) is 1.57. The first-order chi connectivity index (χ1) is 8.28. The lowest BCUT2D eigenvalue weighted by Gasteiger charge is -2.07. The van der Waals surface area contributed by atoms with E-state index in [-0.39, 0.29) is 6.61 Å². The molecule has 3 N–H and O–H groups in total. The molecule has 2 rings (SSSR count). The Balaban J connectivity index is 2.08. The first-order valence-corrected chi connectivity index (χ1v) is 5.51. The van der Waals surface area contributed by atoms with Crippen LogP contribution in [0.3, 0.4) is 0 Å². The smallest absolute Gasteiger partial charge is 0.129 e. The molecule has 0 aromatic heterocycles. The van der Waals surface area contributed by atoms with Crippen molar-refractivity contribution in [2.45, 2.75) is 6.42 Å². The monoisotopic (exact) mass is 229 g/mol. The Bertz CT molecular complexity index is 480. The van der Waals surface area contributed by atoms with Gasteiger partial charge >= 0.3 is 0 Å². The van der Waals surface area contributed by atoms with E-state index in [1.807, 2.05) is 42.5 Å². The van der Waals surface area contributed by atoms with Gasteiger partial charge in [-0.15, -0.1) is 0 Å². The molecule has 0 heterocycles. The van der Waals surface area contributed by atoms with Crippen LogP contribution in [0.25, 0.3) is 0 Å². The predicted molar refractivity (Wildman–Crippen MR) is 68.2 cm³/mol. The minimum atomic E-state index is 0.162. The predicted octanol–water partition coefficient (Wildman–Crippen LogP) is 2.60. The molecule has 0 saturated carbocycles. The summed E-state index contributed by atoms with van der Waals surface area (Å²) in [6.07, 6.45) is 0.665. The van der Waals surface area contributed by atoms with Crippen molar-refractivity contribution in [3.63, 3.8) is 0 Å². The van der Waals surface area contributed by atoms with Gasteiger partial charge in [0.05, 0.1) is 0 Å². The number of nitrogens with two attached hydrogens (primary N) is 1. The van der Waals surface area contributed by atoms with Gasteiger partial charge in [-0.3, -0.25) is 0 Å². The van der Waals surface area contributed by atoms with Gasteiger partial charge in [0.25, 0.3) is 0 Å². The fraction of sp³-hybridized carbons (Fsp3) is 0.143. The molecule has 3 nitrogen and oxygen atoms in total. The van der Waals surface area contributed by atoms with Crippen LogP contribution in [0.1, 0.15) is 5.56 Å². The summed E-state index contributed by atoms with van der Waals surface area (Å²) >= 11 is 0. The van der Waals surface area contributed by atoms with Crippen LogP contribution in [-0.2, 0) is 6.42 Å². The van der Waals surface area contributed by atoms with E-state index in [1.54, 1.807) is 6.07 Å². The number of rotatable bonds is 4. The van der Waals surface area contributed by atoms with E-state index in [1.165, 1.54) is 0 Å². The molecule has 0 amide bonds. The number of ether oxygens (including phenoxy) is 1. The van der Waals surface area contributed by atoms with Gasteiger partial charge in [0, 0.05) is 18.4 Å². The van der Waals surface area contributed by atoms with Crippen molar-refractivity contribution in [1.82, 2.24) is 0 Å². The number of hydrogen-bond donors (Lipinski definition) is 2. The maximum absolute atomic E-state index is 8.81. The Morgan fingerprint density at radius 3 is 2.41 bits per heavy atom. The second-order valence-corrected chi connectivity index (χ2v) is 3.79. The Morgan fingerprint density at radius 2 is 1.76 bits per heavy atom. The van der Waals surface area contributed by atoms with Crippen LogP contribution >= 0.6 is 0 Å². The molecular weight excluding hydrogens is 214 g/mol. The minimum Gasteiger partial charge on any atom is -0.457 e. The maximum atomic E-state index is 8.81. The second kappa shape index (κ2) is 5.37. The third-order valence-corrected chi connectivity index (χ3v) is 2.42. The summed E-state index contributed by atoms with van der Waals surface area (Å²) in [4.78, 5) is 0. The molecule has 0 fully saturated rings. The molecule has 0 aliphatic heterocycles. The van der Waals surface area contributed by atoms with Gasteiger partial charge in [-0.1, -0.05) is 18.2 Å². The molecule has 17 heavy (non-hydrogen) atoms. The van der Waals surface area contributed by atoms with Crippen molar-refractivity contribution in [2.24, 2.45) is 0 Å². The van der Waals surface area contributed by atoms with Gasteiger partial charge in [0.2, 0.25) is 0 Å². The van der Waals surface area contributed by atoms with Crippen LogP contribution in [-0.4, -0.2) is 11.7 Å². The number of aliphatic hydroxyl groups excluding tert-OH is 1. The van der Waals surface area contributed by atoms with Crippen molar-refractivity contribution >= 4 is 5.69 Å². The lowest BCUT2D eigenvalue weighted by Crippen LogP contribution is -1.91. The van der Waals surface area contributed by atoms with E-state index in [4.69, 9.17) is 15.6 Å². The highest BCUT2D eigenvalue weighted by molar-refractivity contribution is 5.45. The summed E-state index contributed by atoms with van der Waals surface area (Å²) in [6.45, 7) is 0.162. The maximum Gasteiger partial charge on any atom is 0.129 e. The highest BCUT2D eigenvalue weighted by Gasteiger charge is 1.98. The van der Waals surface area contributed by atoms with Crippen molar-refractivity contribution in [3.8, 4) is 11.5 Å². The molecule has 0 unspecified atom stereocenters. The summed E-state index contributed by atoms with van der Waals surface area (Å²) in [7, 11) is 0. The molecule has 0 aliphatic rings. The molecule has 0 bridgehead atoms. The van der Waals surface area contributed by atoms with E-state index >= 15 is 0 Å². The first-order valence-electron chi connectivity index (χ1n) is 5.51. The second-order valence-electron chi connectivity index (χ2n) is 3.79. The topological polar surface area (TPSA) is 55.5 Å². The number of nitrogen functional groups attached to an aromatic ring is 1. The van der Waals surface area contributed by atoms with Gasteiger partial charge in [0.1, 0.15) is 11.5 Å². The number of benzene rings is 2. The lowest BCUT2D eigenvalue weighted by atomic mass is 10.1. The summed E-state index contributed by atoms with van der Waals surface area (Å²) < 4.78 is 5.65. The number of anilines is 1. The molecule has 2 aromatic carbocycles. The first kappa shape index (κ1) is 11.5. The molecule has 2 aromatic rings. The zero-order chi connectivity index (χ0) is 12.1. The van der Waals surface area contributed by atoms with E-state index < -0.39 is 0 Å². The van der Waals surface area contributed by atoms with Gasteiger partial charge < -0.3 is 15.6 Å². The molecule has 0 spiro atoms. The molecule has 0 atom stereocenters. The van der Waals surface area contributed by atoms with E-state index in [0.717, 1.165) is 17.1 Å². The Labute approximate surface area is 100 Å². The highest BCUT2D eigenvalue weighted by atomic mass is 16.5. The van der Waals surface area contributed by atoms with Gasteiger partial charge in [-0.2, -0.15) is 0 Å². The summed E-state index contributed by atoms with van der Waals surface area (Å²) in [5.74, 6) is 1.48. The SMILES string of the molecule is Nc1cccc(Oc2ccc(CCO)cc2)c1. The Morgan fingerprint density at radius 1 is 1.00 bits per heavy atom. The summed E-state index contributed by atoms with van der Waals surface area (Å²) in [6, 6.07) is 15.0. The van der Waals surface area contributed by atoms with Gasteiger partial charge in [-0.05, 0) is 36.2 Å². The molecule has 0 saturated heterocycles. The number of hydrogen-bond acceptors (Lipinski definition) is 3. The van der Waals surface area contributed by atoms with Crippen LogP contribution < -0.4 is 10.5 Å². The lowest BCUT2D eigenvalue weighted by molar-refractivity contribution is 0.299. The molecular formula is C14H15NO2. The fourth-order valence-corrected chi connectivity index (χ4v) is 1.57. The van der Waals surface area contributed by atoms with Crippen LogP contribution in [0.5, 0.6) is 11.5 Å². The van der Waals surface area contributed by atoms with Gasteiger partial charge in [0.15, 0.2) is 0 Å². The molecule has 0 radical (unpaired) electrons. The minimum absolute atomic E-state index is 0.162. The third-order valence-electron chi connectivity index (χ3n) is 2.42. The highest BCUT2D eigenvalue weighted by Crippen LogP contribution is 2.23. The molecule has 3 heteroatoms. The zero-order valence-corrected chi connectivity index (χ0v) is 9.47. The van der Waals surface area contributed by atoms with Crippen molar-refractivity contribution in [1.29, 1.82) is 0 Å². The van der Waals surface area contributed by atoms with Crippen LogP contribution in [0.4, 0.5) is 5.69 Å². The van der Waals surface area contributed by atoms with E-state index in [9.17, 15) is 0 Å². The van der Waals surface area contributed by atoms with Crippen molar-refractivity contribution in [3.05, 3.63) is 54.1 Å². The normalized spacial score (nSPS) is 10.2. The average Bonchev–Trinajstić information content (AvgIpc) is 2.32. The van der Waals surface area contributed by atoms with Crippen LogP contribution in [0.2, 0.25) is 0 Å². The molecule has 88 valence electrons. The standard InChI is InChI=1S/C14H15NO2/c15-12-2-1-3-14(10-12)17-13-6-4-11(5-7-13)8-9-16/h1-7,10,16H,8-9,15H2. The van der Waals surface area contributed by atoms with Crippen molar-refractivity contribution < 1.29 is 9.84 Å². The van der Waals surface area contributed by atoms with Gasteiger partial charge in [-0.25, -0.2) is 0 Å². The van der Waals surface area contributed by atoms with Crippen molar-refractivity contribution in [2.75, 3.05) is 12.3 Å². The van der Waals surface area contributed by atoms with E-state index in [0.29, 0.717) is 12.1 Å².